The van der Waals surface area contributed by atoms with Crippen molar-refractivity contribution >= 4 is 5.57 Å². The van der Waals surface area contributed by atoms with E-state index in [1.807, 2.05) is 72.8 Å². The maximum absolute atomic E-state index is 11.1. The van der Waals surface area contributed by atoms with E-state index in [2.05, 4.69) is 0 Å². The van der Waals surface area contributed by atoms with Crippen LogP contribution in [0.3, 0.4) is 0 Å². The van der Waals surface area contributed by atoms with Crippen LogP contribution in [0.2, 0.25) is 0 Å². The smallest absolute Gasteiger partial charge is 0.118 e. The molecule has 0 saturated heterocycles. The average molecular weight is 376 g/mol. The summed E-state index contributed by atoms with van der Waals surface area (Å²) in [6, 6.07) is 23.0. The molecule has 0 saturated carbocycles. The second-order valence-corrected chi connectivity index (χ2v) is 6.26. The van der Waals surface area contributed by atoms with Crippen LogP contribution >= 0.6 is 0 Å². The predicted octanol–water partition coefficient (Wildman–Crippen LogP) is 4.82. The first-order valence-corrected chi connectivity index (χ1v) is 8.96. The molecule has 28 heavy (non-hydrogen) atoms. The van der Waals surface area contributed by atoms with E-state index in [-0.39, 0.29) is 0 Å². The van der Waals surface area contributed by atoms with Gasteiger partial charge in [-0.1, -0.05) is 48.5 Å². The van der Waals surface area contributed by atoms with E-state index in [0.717, 1.165) is 39.3 Å². The monoisotopic (exact) mass is 376 g/mol. The van der Waals surface area contributed by atoms with Gasteiger partial charge in [-0.3, -0.25) is 0 Å². The molecule has 144 valence electrons. The molecule has 0 aliphatic carbocycles. The molecule has 4 heteroatoms. The lowest BCUT2D eigenvalue weighted by molar-refractivity contribution is 0.220. The molecule has 4 nitrogen and oxygen atoms in total. The summed E-state index contributed by atoms with van der Waals surface area (Å²) in [4.78, 5) is 0. The highest BCUT2D eigenvalue weighted by atomic mass is 16.5. The van der Waals surface area contributed by atoms with Crippen molar-refractivity contribution in [3.63, 3.8) is 0 Å². The quantitative estimate of drug-likeness (QED) is 0.601. The van der Waals surface area contributed by atoms with Gasteiger partial charge in [0.1, 0.15) is 17.6 Å². The minimum Gasteiger partial charge on any atom is -0.504 e. The summed E-state index contributed by atoms with van der Waals surface area (Å²) < 4.78 is 15.8. The number of methoxy groups -OCH3 is 3. The van der Waals surface area contributed by atoms with Gasteiger partial charge in [0.2, 0.25) is 0 Å². The summed E-state index contributed by atoms with van der Waals surface area (Å²) in [5.74, 6) is 1.54. The number of hydrogen-bond acceptors (Lipinski definition) is 4. The van der Waals surface area contributed by atoms with E-state index in [4.69, 9.17) is 14.2 Å². The molecule has 1 unspecified atom stereocenters. The summed E-state index contributed by atoms with van der Waals surface area (Å²) in [6.07, 6.45) is 0.919. The van der Waals surface area contributed by atoms with Crippen LogP contribution in [-0.2, 0) is 4.74 Å². The Balaban J connectivity index is 2.03. The van der Waals surface area contributed by atoms with Crippen LogP contribution in [0.4, 0.5) is 0 Å². The lowest BCUT2D eigenvalue weighted by Crippen LogP contribution is -2.04. The van der Waals surface area contributed by atoms with Gasteiger partial charge in [0.15, 0.2) is 0 Å². The number of ether oxygens (including phenoxy) is 3. The highest BCUT2D eigenvalue weighted by Crippen LogP contribution is 2.33. The molecule has 1 atom stereocenters. The largest absolute Gasteiger partial charge is 0.504 e. The van der Waals surface area contributed by atoms with E-state index in [1.165, 1.54) is 0 Å². The molecular weight excluding hydrogens is 352 g/mol. The number of hydrogen-bond donors (Lipinski definition) is 1. The van der Waals surface area contributed by atoms with Crippen LogP contribution in [-0.4, -0.2) is 26.4 Å². The number of benzene rings is 3. The molecule has 0 heterocycles. The van der Waals surface area contributed by atoms with Crippen molar-refractivity contribution in [2.75, 3.05) is 21.3 Å². The first kappa shape index (κ1) is 19.5. The van der Waals surface area contributed by atoms with Crippen LogP contribution < -0.4 is 9.47 Å². The second kappa shape index (κ2) is 9.11. The molecule has 3 rings (SSSR count). The molecular formula is C24H24O4. The fourth-order valence-corrected chi connectivity index (χ4v) is 3.12. The van der Waals surface area contributed by atoms with E-state index in [9.17, 15) is 5.11 Å². The summed E-state index contributed by atoms with van der Waals surface area (Å²) in [7, 11) is 4.88. The normalized spacial score (nSPS) is 12.4. The predicted molar refractivity (Wildman–Crippen MR) is 111 cm³/mol. The zero-order chi connectivity index (χ0) is 19.9. The molecule has 0 aromatic heterocycles. The molecule has 0 aliphatic rings. The van der Waals surface area contributed by atoms with Crippen molar-refractivity contribution < 1.29 is 19.3 Å². The highest BCUT2D eigenvalue weighted by Gasteiger charge is 2.18. The van der Waals surface area contributed by atoms with Crippen molar-refractivity contribution in [2.24, 2.45) is 0 Å². The molecule has 0 spiro atoms. The Morgan fingerprint density at radius 3 is 1.93 bits per heavy atom. The van der Waals surface area contributed by atoms with Gasteiger partial charge in [0.25, 0.3) is 0 Å². The first-order valence-electron chi connectivity index (χ1n) is 8.96. The zero-order valence-electron chi connectivity index (χ0n) is 16.3. The minimum atomic E-state index is -0.777. The SMILES string of the molecule is CO/C=C(\c1ccc(OC)cc1)c1ccccc1C(O)c1ccc(OC)cc1. The van der Waals surface area contributed by atoms with Gasteiger partial charge in [-0.2, -0.15) is 0 Å². The third-order valence-corrected chi connectivity index (χ3v) is 4.61. The topological polar surface area (TPSA) is 47.9 Å². The summed E-state index contributed by atoms with van der Waals surface area (Å²) in [6.45, 7) is 0. The Labute approximate surface area is 165 Å². The Morgan fingerprint density at radius 2 is 1.36 bits per heavy atom. The lowest BCUT2D eigenvalue weighted by atomic mass is 9.90. The molecule has 0 bridgehead atoms. The second-order valence-electron chi connectivity index (χ2n) is 6.26. The van der Waals surface area contributed by atoms with Crippen LogP contribution in [0.5, 0.6) is 11.5 Å². The maximum Gasteiger partial charge on any atom is 0.118 e. The molecule has 0 aliphatic heterocycles. The van der Waals surface area contributed by atoms with Gasteiger partial charge < -0.3 is 19.3 Å². The fraction of sp³-hybridized carbons (Fsp3) is 0.167. The molecule has 0 amide bonds. The van der Waals surface area contributed by atoms with E-state index in [0.29, 0.717) is 0 Å². The third kappa shape index (κ3) is 4.18. The van der Waals surface area contributed by atoms with Gasteiger partial charge in [-0.05, 0) is 46.5 Å². The van der Waals surface area contributed by atoms with Gasteiger partial charge in [0, 0.05) is 5.57 Å². The number of aliphatic hydroxyl groups is 1. The van der Waals surface area contributed by atoms with Gasteiger partial charge >= 0.3 is 0 Å². The van der Waals surface area contributed by atoms with Crippen molar-refractivity contribution in [2.45, 2.75) is 6.10 Å². The fourth-order valence-electron chi connectivity index (χ4n) is 3.12. The van der Waals surface area contributed by atoms with Gasteiger partial charge in [-0.15, -0.1) is 0 Å². The van der Waals surface area contributed by atoms with E-state index < -0.39 is 6.10 Å². The van der Waals surface area contributed by atoms with Crippen molar-refractivity contribution in [3.8, 4) is 11.5 Å². The third-order valence-electron chi connectivity index (χ3n) is 4.61. The van der Waals surface area contributed by atoms with Crippen molar-refractivity contribution in [3.05, 3.63) is 101 Å². The van der Waals surface area contributed by atoms with Gasteiger partial charge in [-0.25, -0.2) is 0 Å². The lowest BCUT2D eigenvalue weighted by Gasteiger charge is -2.18. The Morgan fingerprint density at radius 1 is 0.786 bits per heavy atom. The molecule has 0 fully saturated rings. The van der Waals surface area contributed by atoms with Crippen LogP contribution in [0.1, 0.15) is 28.4 Å². The van der Waals surface area contributed by atoms with Gasteiger partial charge in [0.05, 0.1) is 27.6 Å². The van der Waals surface area contributed by atoms with E-state index in [1.54, 1.807) is 27.6 Å². The summed E-state index contributed by atoms with van der Waals surface area (Å²) in [5.41, 5.74) is 4.34. The Bertz CT molecular complexity index is 928. The van der Waals surface area contributed by atoms with Crippen molar-refractivity contribution in [1.29, 1.82) is 0 Å². The Hall–Kier alpha value is -3.24. The number of rotatable bonds is 7. The average Bonchev–Trinajstić information content (AvgIpc) is 2.77. The summed E-state index contributed by atoms with van der Waals surface area (Å²) in [5, 5.41) is 11.1. The molecule has 0 radical (unpaired) electrons. The van der Waals surface area contributed by atoms with E-state index >= 15 is 0 Å². The van der Waals surface area contributed by atoms with Crippen LogP contribution in [0.15, 0.2) is 79.1 Å². The summed E-state index contributed by atoms with van der Waals surface area (Å²) >= 11 is 0. The molecule has 3 aromatic carbocycles. The molecule has 1 N–H and O–H groups in total. The molecule has 3 aromatic rings. The van der Waals surface area contributed by atoms with Crippen molar-refractivity contribution in [1.82, 2.24) is 0 Å². The van der Waals surface area contributed by atoms with Crippen LogP contribution in [0.25, 0.3) is 5.57 Å². The Kier molecular flexibility index (Phi) is 6.35. The number of aliphatic hydroxyl groups excluding tert-OH is 1. The first-order chi connectivity index (χ1) is 13.7. The maximum atomic E-state index is 11.1. The zero-order valence-corrected chi connectivity index (χ0v) is 16.3. The van der Waals surface area contributed by atoms with Crippen LogP contribution in [0, 0.1) is 0 Å². The minimum absolute atomic E-state index is 0.752. The highest BCUT2D eigenvalue weighted by molar-refractivity contribution is 5.81. The standard InChI is InChI=1S/C24H24O4/c1-26-16-23(17-8-12-19(27-2)13-9-17)21-6-4-5-7-22(21)24(25)18-10-14-20(28-3)15-11-18/h4-16,24-25H,1-3H3/b23-16+.